The lowest BCUT2D eigenvalue weighted by Crippen LogP contribution is -2.42. The summed E-state index contributed by atoms with van der Waals surface area (Å²) in [6, 6.07) is 3.58. The first kappa shape index (κ1) is 20.6. The fourth-order valence-electron chi connectivity index (χ4n) is 3.32. The number of imidazole rings is 1. The highest BCUT2D eigenvalue weighted by Crippen LogP contribution is 2.33. The van der Waals surface area contributed by atoms with Gasteiger partial charge in [0.05, 0.1) is 17.0 Å². The van der Waals surface area contributed by atoms with Crippen molar-refractivity contribution in [3.05, 3.63) is 36.0 Å². The molecule has 2 unspecified atom stereocenters. The largest absolute Gasteiger partial charge is 0.432 e. The summed E-state index contributed by atoms with van der Waals surface area (Å²) in [6.07, 6.45) is 6.28. The predicted molar refractivity (Wildman–Crippen MR) is 102 cm³/mol. The summed E-state index contributed by atoms with van der Waals surface area (Å²) in [7, 11) is 0. The first-order valence-electron chi connectivity index (χ1n) is 9.04. The maximum Gasteiger partial charge on any atom is 0.387 e. The number of carbonyl (C=O) groups excluding carboxylic acids is 1. The number of ether oxygens (including phenoxy) is 1. The number of aromatic nitrogens is 2. The van der Waals surface area contributed by atoms with Crippen LogP contribution in [0.25, 0.3) is 11.3 Å². The van der Waals surface area contributed by atoms with Gasteiger partial charge in [0, 0.05) is 18.3 Å². The Morgan fingerprint density at radius 3 is 2.86 bits per heavy atom. The van der Waals surface area contributed by atoms with Crippen LogP contribution in [0.1, 0.15) is 38.1 Å². The number of likely N-dealkylation sites (tertiary alicyclic amines) is 1. The van der Waals surface area contributed by atoms with Gasteiger partial charge < -0.3 is 14.6 Å². The molecule has 3 rings (SSSR count). The van der Waals surface area contributed by atoms with Gasteiger partial charge in [-0.25, -0.2) is 9.37 Å². The third-order valence-corrected chi connectivity index (χ3v) is 5.75. The van der Waals surface area contributed by atoms with E-state index < -0.39 is 18.2 Å². The van der Waals surface area contributed by atoms with Crippen molar-refractivity contribution in [3.63, 3.8) is 0 Å². The molecule has 1 amide bonds. The van der Waals surface area contributed by atoms with Crippen molar-refractivity contribution in [2.75, 3.05) is 12.8 Å². The molecule has 1 aliphatic heterocycles. The fourth-order valence-corrected chi connectivity index (χ4v) is 3.66. The normalized spacial score (nSPS) is 18.4. The Bertz CT molecular complexity index is 831. The van der Waals surface area contributed by atoms with Crippen LogP contribution in [0, 0.1) is 5.82 Å². The second-order valence-electron chi connectivity index (χ2n) is 6.62. The van der Waals surface area contributed by atoms with Crippen LogP contribution in [0.4, 0.5) is 13.2 Å². The standard InChI is InChI=1S/C19H22F3N3O2S/c1-11(28-2)18(26)25-8-4-3-5-15(25)17-23-10-14(24-17)12-6-7-16(13(20)9-12)27-19(21)22/h6-7,9-11,15,19H,3-5,8H2,1-2H3,(H,23,24). The Kier molecular flexibility index (Phi) is 6.53. The quantitative estimate of drug-likeness (QED) is 0.751. The summed E-state index contributed by atoms with van der Waals surface area (Å²) in [6.45, 7) is -0.521. The van der Waals surface area contributed by atoms with E-state index in [4.69, 9.17) is 0 Å². The summed E-state index contributed by atoms with van der Waals surface area (Å²) in [4.78, 5) is 22.2. The molecule has 1 N–H and O–H groups in total. The number of hydrogen-bond acceptors (Lipinski definition) is 4. The average Bonchev–Trinajstić information content (AvgIpc) is 3.18. The number of benzene rings is 1. The zero-order valence-electron chi connectivity index (χ0n) is 15.6. The highest BCUT2D eigenvalue weighted by Gasteiger charge is 2.32. The number of piperidine rings is 1. The number of thioether (sulfide) groups is 1. The molecule has 9 heteroatoms. The summed E-state index contributed by atoms with van der Waals surface area (Å²) in [5.74, 6) is -0.672. The van der Waals surface area contributed by atoms with E-state index in [1.165, 1.54) is 17.8 Å². The van der Waals surface area contributed by atoms with Crippen molar-refractivity contribution >= 4 is 17.7 Å². The molecule has 0 radical (unpaired) electrons. The van der Waals surface area contributed by atoms with Crippen LogP contribution < -0.4 is 4.74 Å². The van der Waals surface area contributed by atoms with E-state index in [-0.39, 0.29) is 17.2 Å². The first-order chi connectivity index (χ1) is 13.4. The molecule has 0 aliphatic carbocycles. The molecule has 5 nitrogen and oxygen atoms in total. The molecule has 1 aromatic carbocycles. The lowest BCUT2D eigenvalue weighted by Gasteiger charge is -2.36. The van der Waals surface area contributed by atoms with Crippen LogP contribution in [0.5, 0.6) is 5.75 Å². The summed E-state index contributed by atoms with van der Waals surface area (Å²) < 4.78 is 42.7. The number of alkyl halides is 2. The molecule has 0 saturated carbocycles. The molecule has 1 saturated heterocycles. The van der Waals surface area contributed by atoms with Gasteiger partial charge >= 0.3 is 6.61 Å². The van der Waals surface area contributed by atoms with Gasteiger partial charge in [-0.2, -0.15) is 20.5 Å². The summed E-state index contributed by atoms with van der Waals surface area (Å²) in [5.41, 5.74) is 0.918. The van der Waals surface area contributed by atoms with E-state index in [1.807, 2.05) is 18.1 Å². The molecule has 0 spiro atoms. The highest BCUT2D eigenvalue weighted by molar-refractivity contribution is 7.99. The minimum atomic E-state index is -3.09. The van der Waals surface area contributed by atoms with E-state index in [2.05, 4.69) is 14.7 Å². The highest BCUT2D eigenvalue weighted by atomic mass is 32.2. The van der Waals surface area contributed by atoms with Crippen molar-refractivity contribution in [1.82, 2.24) is 14.9 Å². The van der Waals surface area contributed by atoms with Crippen LogP contribution in [0.15, 0.2) is 24.4 Å². The van der Waals surface area contributed by atoms with Crippen LogP contribution in [0.3, 0.4) is 0 Å². The van der Waals surface area contributed by atoms with Gasteiger partial charge in [-0.15, -0.1) is 0 Å². The Morgan fingerprint density at radius 2 is 2.18 bits per heavy atom. The minimum Gasteiger partial charge on any atom is -0.432 e. The first-order valence-corrected chi connectivity index (χ1v) is 10.3. The SMILES string of the molecule is CSC(C)C(=O)N1CCCCC1c1nc(-c2ccc(OC(F)F)c(F)c2)c[nH]1. The van der Waals surface area contributed by atoms with Crippen LogP contribution in [-0.4, -0.2) is 45.4 Å². The van der Waals surface area contributed by atoms with Crippen LogP contribution >= 0.6 is 11.8 Å². The lowest BCUT2D eigenvalue weighted by molar-refractivity contribution is -0.134. The molecule has 2 aromatic rings. The van der Waals surface area contributed by atoms with Gasteiger partial charge in [-0.1, -0.05) is 0 Å². The van der Waals surface area contributed by atoms with E-state index in [0.717, 1.165) is 31.4 Å². The number of carbonyl (C=O) groups is 1. The van der Waals surface area contributed by atoms with E-state index in [0.29, 0.717) is 23.6 Å². The molecule has 2 atom stereocenters. The number of nitrogens with zero attached hydrogens (tertiary/aromatic N) is 2. The third kappa shape index (κ3) is 4.45. The van der Waals surface area contributed by atoms with E-state index >= 15 is 0 Å². The average molecular weight is 413 g/mol. The maximum absolute atomic E-state index is 14.0. The zero-order valence-corrected chi connectivity index (χ0v) is 16.4. The molecule has 2 heterocycles. The molecule has 1 aliphatic rings. The monoisotopic (exact) mass is 413 g/mol. The Labute approximate surface area is 165 Å². The predicted octanol–water partition coefficient (Wildman–Crippen LogP) is 4.62. The van der Waals surface area contributed by atoms with Crippen molar-refractivity contribution < 1.29 is 22.7 Å². The minimum absolute atomic E-state index is 0.0784. The van der Waals surface area contributed by atoms with Gasteiger partial charge in [0.15, 0.2) is 11.6 Å². The van der Waals surface area contributed by atoms with Gasteiger partial charge in [0.25, 0.3) is 0 Å². The summed E-state index contributed by atoms with van der Waals surface area (Å²) >= 11 is 1.50. The van der Waals surface area contributed by atoms with E-state index in [1.54, 1.807) is 6.20 Å². The number of rotatable bonds is 6. The van der Waals surface area contributed by atoms with Crippen LogP contribution in [-0.2, 0) is 4.79 Å². The van der Waals surface area contributed by atoms with Gasteiger partial charge in [-0.05, 0) is 50.6 Å². The molecule has 1 fully saturated rings. The molecule has 28 heavy (non-hydrogen) atoms. The fraction of sp³-hybridized carbons (Fsp3) is 0.474. The molecule has 1 aromatic heterocycles. The lowest BCUT2D eigenvalue weighted by atomic mass is 10.0. The Hall–Kier alpha value is -2.16. The molecule has 152 valence electrons. The molecular weight excluding hydrogens is 391 g/mol. The number of aromatic amines is 1. The zero-order chi connectivity index (χ0) is 20.3. The van der Waals surface area contributed by atoms with Crippen molar-refractivity contribution in [2.24, 2.45) is 0 Å². The molecule has 0 bridgehead atoms. The topological polar surface area (TPSA) is 58.2 Å². The van der Waals surface area contributed by atoms with Gasteiger partial charge in [-0.3, -0.25) is 4.79 Å². The number of halogens is 3. The Balaban J connectivity index is 1.82. The van der Waals surface area contributed by atoms with E-state index in [9.17, 15) is 18.0 Å². The molecular formula is C19H22F3N3O2S. The van der Waals surface area contributed by atoms with Crippen molar-refractivity contribution in [1.29, 1.82) is 0 Å². The second-order valence-corrected chi connectivity index (χ2v) is 7.79. The number of amides is 1. The maximum atomic E-state index is 14.0. The van der Waals surface area contributed by atoms with Crippen molar-refractivity contribution in [3.8, 4) is 17.0 Å². The van der Waals surface area contributed by atoms with Crippen molar-refractivity contribution in [2.45, 2.75) is 44.1 Å². The second kappa shape index (κ2) is 8.89. The Morgan fingerprint density at radius 1 is 1.39 bits per heavy atom. The van der Waals surface area contributed by atoms with Gasteiger partial charge in [0.1, 0.15) is 5.82 Å². The number of H-pyrrole nitrogens is 1. The van der Waals surface area contributed by atoms with Crippen LogP contribution in [0.2, 0.25) is 0 Å². The smallest absolute Gasteiger partial charge is 0.387 e. The van der Waals surface area contributed by atoms with Gasteiger partial charge in [0.2, 0.25) is 5.91 Å². The number of hydrogen-bond donors (Lipinski definition) is 1. The summed E-state index contributed by atoms with van der Waals surface area (Å²) in [5, 5.41) is -0.133. The third-order valence-electron chi connectivity index (χ3n) is 4.84. The number of nitrogens with one attached hydrogen (secondary N) is 1.